The summed E-state index contributed by atoms with van der Waals surface area (Å²) in [6, 6.07) is 9.69. The predicted octanol–water partition coefficient (Wildman–Crippen LogP) is 4.99. The average Bonchev–Trinajstić information content (AvgIpc) is 2.38. The van der Waals surface area contributed by atoms with E-state index in [4.69, 9.17) is 0 Å². The van der Waals surface area contributed by atoms with Crippen LogP contribution in [0.5, 0.6) is 0 Å². The minimum atomic E-state index is -0.294. The van der Waals surface area contributed by atoms with E-state index >= 15 is 0 Å². The summed E-state index contributed by atoms with van der Waals surface area (Å²) >= 11 is 6.47. The summed E-state index contributed by atoms with van der Waals surface area (Å²) in [5.74, 6) is -0.568. The van der Waals surface area contributed by atoms with Gasteiger partial charge in [0.25, 0.3) is 0 Å². The Labute approximate surface area is 133 Å². The molecule has 0 bridgehead atoms. The second-order valence-corrected chi connectivity index (χ2v) is 6.27. The van der Waals surface area contributed by atoms with Crippen molar-refractivity contribution in [2.24, 2.45) is 0 Å². The Balaban J connectivity index is 2.26. The van der Waals surface area contributed by atoms with E-state index in [2.05, 4.69) is 37.2 Å². The molecule has 0 fully saturated rings. The first-order valence-corrected chi connectivity index (χ1v) is 7.65. The monoisotopic (exact) mass is 403 g/mol. The number of likely N-dealkylation sites (N-methyl/N-ethyl adjacent to an activating group) is 1. The van der Waals surface area contributed by atoms with Gasteiger partial charge in [-0.1, -0.05) is 22.0 Å². The van der Waals surface area contributed by atoms with Crippen LogP contribution in [0, 0.1) is 11.6 Å². The van der Waals surface area contributed by atoms with Gasteiger partial charge in [0.2, 0.25) is 0 Å². The fourth-order valence-corrected chi connectivity index (χ4v) is 2.99. The molecular weight excluding hydrogens is 392 g/mol. The van der Waals surface area contributed by atoms with Crippen LogP contribution in [0.3, 0.4) is 0 Å². The number of nitrogens with one attached hydrogen (secondary N) is 1. The zero-order valence-corrected chi connectivity index (χ0v) is 13.9. The molecule has 5 heteroatoms. The van der Waals surface area contributed by atoms with Crippen molar-refractivity contribution in [3.05, 3.63) is 68.1 Å². The maximum absolute atomic E-state index is 13.4. The highest BCUT2D eigenvalue weighted by Crippen LogP contribution is 2.25. The fraction of sp³-hybridized carbons (Fsp3) is 0.200. The number of halogens is 4. The summed E-state index contributed by atoms with van der Waals surface area (Å²) in [5.41, 5.74) is 1.82. The second kappa shape index (κ2) is 6.78. The van der Waals surface area contributed by atoms with Gasteiger partial charge in [-0.2, -0.15) is 0 Å². The van der Waals surface area contributed by atoms with Gasteiger partial charge in [0.15, 0.2) is 0 Å². The normalized spacial score (nSPS) is 12.4. The van der Waals surface area contributed by atoms with Crippen molar-refractivity contribution in [1.29, 1.82) is 0 Å². The fourth-order valence-electron chi connectivity index (χ4n) is 2.08. The quantitative estimate of drug-likeness (QED) is 0.756. The van der Waals surface area contributed by atoms with Crippen molar-refractivity contribution in [3.63, 3.8) is 0 Å². The molecule has 0 aliphatic carbocycles. The van der Waals surface area contributed by atoms with Crippen LogP contribution >= 0.6 is 31.9 Å². The molecule has 20 heavy (non-hydrogen) atoms. The Kier molecular flexibility index (Phi) is 5.29. The Morgan fingerprint density at radius 3 is 2.45 bits per heavy atom. The van der Waals surface area contributed by atoms with E-state index in [0.29, 0.717) is 15.4 Å². The van der Waals surface area contributed by atoms with Crippen molar-refractivity contribution >= 4 is 31.9 Å². The SMILES string of the molecule is CNC(Cc1cc(F)cc(Br)c1)c1ccc(F)c(Br)c1. The highest BCUT2D eigenvalue weighted by Gasteiger charge is 2.13. The van der Waals surface area contributed by atoms with Gasteiger partial charge in [-0.05, 0) is 70.9 Å². The third-order valence-corrected chi connectivity index (χ3v) is 4.12. The molecule has 1 nitrogen and oxygen atoms in total. The molecule has 1 unspecified atom stereocenters. The molecule has 0 aliphatic heterocycles. The Morgan fingerprint density at radius 2 is 1.85 bits per heavy atom. The highest BCUT2D eigenvalue weighted by molar-refractivity contribution is 9.10. The average molecular weight is 405 g/mol. The largest absolute Gasteiger partial charge is 0.313 e. The van der Waals surface area contributed by atoms with Crippen LogP contribution < -0.4 is 5.32 Å². The zero-order chi connectivity index (χ0) is 14.7. The van der Waals surface area contributed by atoms with E-state index in [-0.39, 0.29) is 17.7 Å². The first-order chi connectivity index (χ1) is 9.49. The molecule has 0 heterocycles. The van der Waals surface area contributed by atoms with E-state index in [1.807, 2.05) is 13.1 Å². The van der Waals surface area contributed by atoms with Crippen LogP contribution in [-0.4, -0.2) is 7.05 Å². The Morgan fingerprint density at radius 1 is 1.10 bits per heavy atom. The number of rotatable bonds is 4. The van der Waals surface area contributed by atoms with Crippen molar-refractivity contribution in [3.8, 4) is 0 Å². The zero-order valence-electron chi connectivity index (χ0n) is 10.8. The van der Waals surface area contributed by atoms with Crippen molar-refractivity contribution in [2.45, 2.75) is 12.5 Å². The smallest absolute Gasteiger partial charge is 0.137 e. The molecule has 0 spiro atoms. The summed E-state index contributed by atoms with van der Waals surface area (Å²) in [7, 11) is 1.83. The lowest BCUT2D eigenvalue weighted by Gasteiger charge is -2.17. The van der Waals surface area contributed by atoms with Crippen LogP contribution in [0.2, 0.25) is 0 Å². The first-order valence-electron chi connectivity index (χ1n) is 6.07. The summed E-state index contributed by atoms with van der Waals surface area (Å²) in [6.45, 7) is 0. The van der Waals surface area contributed by atoms with Gasteiger partial charge in [-0.25, -0.2) is 8.78 Å². The van der Waals surface area contributed by atoms with Gasteiger partial charge < -0.3 is 5.32 Å². The van der Waals surface area contributed by atoms with Crippen LogP contribution in [0.1, 0.15) is 17.2 Å². The molecule has 0 saturated carbocycles. The summed E-state index contributed by atoms with van der Waals surface area (Å²) in [5, 5.41) is 3.17. The molecule has 0 saturated heterocycles. The molecule has 1 N–H and O–H groups in total. The van der Waals surface area contributed by atoms with Gasteiger partial charge in [0.1, 0.15) is 11.6 Å². The minimum absolute atomic E-state index is 0.0133. The summed E-state index contributed by atoms with van der Waals surface area (Å²) < 4.78 is 27.8. The molecule has 2 aromatic carbocycles. The topological polar surface area (TPSA) is 12.0 Å². The van der Waals surface area contributed by atoms with Crippen molar-refractivity contribution in [2.75, 3.05) is 7.05 Å². The molecule has 0 aromatic heterocycles. The number of hydrogen-bond acceptors (Lipinski definition) is 1. The van der Waals surface area contributed by atoms with E-state index in [1.165, 1.54) is 18.2 Å². The molecule has 106 valence electrons. The van der Waals surface area contributed by atoms with Gasteiger partial charge in [0, 0.05) is 10.5 Å². The molecule has 1 atom stereocenters. The molecule has 2 aromatic rings. The van der Waals surface area contributed by atoms with Gasteiger partial charge in [0.05, 0.1) is 4.47 Å². The van der Waals surface area contributed by atoms with Crippen LogP contribution in [-0.2, 0) is 6.42 Å². The maximum atomic E-state index is 13.4. The van der Waals surface area contributed by atoms with Gasteiger partial charge in [-0.3, -0.25) is 0 Å². The Hall–Kier alpha value is -0.780. The third kappa shape index (κ3) is 3.87. The molecule has 0 aliphatic rings. The number of benzene rings is 2. The lowest BCUT2D eigenvalue weighted by Crippen LogP contribution is -2.19. The summed E-state index contributed by atoms with van der Waals surface area (Å²) in [4.78, 5) is 0. The molecule has 2 rings (SSSR count). The van der Waals surface area contributed by atoms with Crippen LogP contribution in [0.4, 0.5) is 8.78 Å². The van der Waals surface area contributed by atoms with Crippen molar-refractivity contribution < 1.29 is 8.78 Å². The predicted molar refractivity (Wildman–Crippen MR) is 83.7 cm³/mol. The molecular formula is C15H13Br2F2N. The highest BCUT2D eigenvalue weighted by atomic mass is 79.9. The van der Waals surface area contributed by atoms with E-state index < -0.39 is 0 Å². The van der Waals surface area contributed by atoms with Crippen LogP contribution in [0.15, 0.2) is 45.3 Å². The van der Waals surface area contributed by atoms with Gasteiger partial charge >= 0.3 is 0 Å². The molecule has 0 radical (unpaired) electrons. The minimum Gasteiger partial charge on any atom is -0.313 e. The third-order valence-electron chi connectivity index (χ3n) is 3.06. The summed E-state index contributed by atoms with van der Waals surface area (Å²) in [6.07, 6.45) is 0.616. The standard InChI is InChI=1S/C15H13Br2F2N/c1-20-15(10-2-3-14(19)13(17)7-10)6-9-4-11(16)8-12(18)5-9/h2-5,7-8,15,20H,6H2,1H3. The van der Waals surface area contributed by atoms with E-state index in [9.17, 15) is 8.78 Å². The number of hydrogen-bond donors (Lipinski definition) is 1. The van der Waals surface area contributed by atoms with E-state index in [0.717, 1.165) is 11.1 Å². The van der Waals surface area contributed by atoms with Crippen LogP contribution in [0.25, 0.3) is 0 Å². The maximum Gasteiger partial charge on any atom is 0.137 e. The Bertz CT molecular complexity index is 597. The van der Waals surface area contributed by atoms with E-state index in [1.54, 1.807) is 12.1 Å². The second-order valence-electron chi connectivity index (χ2n) is 4.50. The van der Waals surface area contributed by atoms with Gasteiger partial charge in [-0.15, -0.1) is 0 Å². The lowest BCUT2D eigenvalue weighted by atomic mass is 9.99. The van der Waals surface area contributed by atoms with Crippen molar-refractivity contribution in [1.82, 2.24) is 5.32 Å². The lowest BCUT2D eigenvalue weighted by molar-refractivity contribution is 0.578. The molecule has 0 amide bonds. The first kappa shape index (κ1) is 15.6.